The van der Waals surface area contributed by atoms with Crippen molar-refractivity contribution >= 4 is 5.91 Å². The molecule has 0 radical (unpaired) electrons. The number of aliphatic hydroxyl groups excluding tert-OH is 2. The minimum absolute atomic E-state index is 0.0623. The summed E-state index contributed by atoms with van der Waals surface area (Å²) in [7, 11) is 0. The molecule has 4 nitrogen and oxygen atoms in total. The van der Waals surface area contributed by atoms with Crippen LogP contribution in [0.4, 0.5) is 0 Å². The second-order valence-electron chi connectivity index (χ2n) is 2.66. The van der Waals surface area contributed by atoms with Gasteiger partial charge in [0.25, 0.3) is 5.91 Å². The number of carbonyl (C=O) groups is 1. The fourth-order valence-electron chi connectivity index (χ4n) is 0.953. The molecule has 1 rings (SSSR count). The molecule has 4 heteroatoms. The Morgan fingerprint density at radius 2 is 2.20 bits per heavy atom. The van der Waals surface area contributed by atoms with E-state index < -0.39 is 18.1 Å². The van der Waals surface area contributed by atoms with Crippen LogP contribution in [0.2, 0.25) is 0 Å². The number of hydrogen-bond acceptors (Lipinski definition) is 3. The summed E-state index contributed by atoms with van der Waals surface area (Å²) in [5, 5.41) is 20.5. The lowest BCUT2D eigenvalue weighted by molar-refractivity contribution is -0.142. The lowest BCUT2D eigenvalue weighted by Gasteiger charge is -2.28. The zero-order chi connectivity index (χ0) is 7.72. The third-order valence-electron chi connectivity index (χ3n) is 1.77. The molecule has 3 atom stereocenters. The Hall–Kier alpha value is -0.610. The molecule has 0 aromatic heterocycles. The van der Waals surface area contributed by atoms with Crippen molar-refractivity contribution in [2.45, 2.75) is 19.1 Å². The largest absolute Gasteiger partial charge is 0.390 e. The molecule has 1 aliphatic rings. The Bertz CT molecular complexity index is 148. The van der Waals surface area contributed by atoms with Crippen LogP contribution in [-0.2, 0) is 4.79 Å². The molecule has 3 unspecified atom stereocenters. The summed E-state index contributed by atoms with van der Waals surface area (Å²) in [6.45, 7) is 2.21. The van der Waals surface area contributed by atoms with Gasteiger partial charge in [0.05, 0.1) is 6.10 Å². The number of hydrogen-bond donors (Lipinski definition) is 3. The zero-order valence-corrected chi connectivity index (χ0v) is 5.74. The van der Waals surface area contributed by atoms with E-state index in [1.165, 1.54) is 0 Å². The van der Waals surface area contributed by atoms with Gasteiger partial charge in [0.1, 0.15) is 0 Å². The van der Waals surface area contributed by atoms with Crippen LogP contribution < -0.4 is 5.32 Å². The van der Waals surface area contributed by atoms with Crippen LogP contribution in [-0.4, -0.2) is 34.9 Å². The highest BCUT2D eigenvalue weighted by Crippen LogP contribution is 2.10. The summed E-state index contributed by atoms with van der Waals surface area (Å²) in [6, 6.07) is 0. The third kappa shape index (κ3) is 1.12. The number of carbonyl (C=O) groups excluding carboxylic acids is 1. The molecule has 10 heavy (non-hydrogen) atoms. The van der Waals surface area contributed by atoms with Crippen LogP contribution in [0.15, 0.2) is 0 Å². The molecule has 3 N–H and O–H groups in total. The van der Waals surface area contributed by atoms with E-state index in [9.17, 15) is 4.79 Å². The predicted molar refractivity (Wildman–Crippen MR) is 34.2 cm³/mol. The first-order valence-electron chi connectivity index (χ1n) is 3.27. The molecule has 1 saturated heterocycles. The molecule has 0 aromatic rings. The first-order chi connectivity index (χ1) is 4.63. The van der Waals surface area contributed by atoms with Crippen molar-refractivity contribution in [3.63, 3.8) is 0 Å². The average Bonchev–Trinajstić information content (AvgIpc) is 1.93. The molecule has 58 valence electrons. The molecular formula is C6H11NO3. The third-order valence-corrected chi connectivity index (χ3v) is 1.77. The summed E-state index contributed by atoms with van der Waals surface area (Å²) >= 11 is 0. The van der Waals surface area contributed by atoms with Crippen LogP contribution in [0, 0.1) is 5.92 Å². The number of piperidine rings is 1. The summed E-state index contributed by atoms with van der Waals surface area (Å²) in [5.41, 5.74) is 0. The van der Waals surface area contributed by atoms with Crippen LogP contribution in [0.5, 0.6) is 0 Å². The Kier molecular flexibility index (Phi) is 1.92. The standard InChI is InChI=1S/C6H11NO3/c1-3-2-7-6(10)5(9)4(3)8/h3-5,8-9H,2H2,1H3,(H,7,10). The van der Waals surface area contributed by atoms with Crippen molar-refractivity contribution in [3.8, 4) is 0 Å². The molecule has 1 aliphatic heterocycles. The van der Waals surface area contributed by atoms with Gasteiger partial charge < -0.3 is 15.5 Å². The number of rotatable bonds is 0. The Labute approximate surface area is 58.9 Å². The summed E-state index contributed by atoms with van der Waals surface area (Å²) in [5.74, 6) is -0.543. The van der Waals surface area contributed by atoms with Crippen molar-refractivity contribution in [1.29, 1.82) is 0 Å². The van der Waals surface area contributed by atoms with E-state index in [1.54, 1.807) is 6.92 Å². The molecule has 1 heterocycles. The highest BCUT2D eigenvalue weighted by Gasteiger charge is 2.33. The summed E-state index contributed by atoms with van der Waals surface area (Å²) in [6.07, 6.45) is -2.16. The van der Waals surface area contributed by atoms with Gasteiger partial charge in [-0.15, -0.1) is 0 Å². The lowest BCUT2D eigenvalue weighted by Crippen LogP contribution is -2.53. The molecular weight excluding hydrogens is 134 g/mol. The number of amides is 1. The maximum Gasteiger partial charge on any atom is 0.251 e. The molecule has 0 bridgehead atoms. The van der Waals surface area contributed by atoms with Crippen molar-refractivity contribution in [1.82, 2.24) is 5.32 Å². The van der Waals surface area contributed by atoms with Gasteiger partial charge in [0, 0.05) is 12.5 Å². The van der Waals surface area contributed by atoms with E-state index >= 15 is 0 Å². The minimum atomic E-state index is -1.25. The number of nitrogens with one attached hydrogen (secondary N) is 1. The topological polar surface area (TPSA) is 69.6 Å². The van der Waals surface area contributed by atoms with Gasteiger partial charge in [-0.1, -0.05) is 6.92 Å². The van der Waals surface area contributed by atoms with Gasteiger partial charge in [-0.2, -0.15) is 0 Å². The van der Waals surface area contributed by atoms with Crippen molar-refractivity contribution in [3.05, 3.63) is 0 Å². The van der Waals surface area contributed by atoms with Gasteiger partial charge in [-0.3, -0.25) is 4.79 Å². The minimum Gasteiger partial charge on any atom is -0.390 e. The number of aliphatic hydroxyl groups is 2. The fraction of sp³-hybridized carbons (Fsp3) is 0.833. The summed E-state index contributed by atoms with van der Waals surface area (Å²) < 4.78 is 0. The lowest BCUT2D eigenvalue weighted by atomic mass is 9.95. The quantitative estimate of drug-likeness (QED) is 0.387. The molecule has 1 fully saturated rings. The molecule has 0 spiro atoms. The second kappa shape index (κ2) is 2.56. The fourth-order valence-corrected chi connectivity index (χ4v) is 0.953. The average molecular weight is 145 g/mol. The SMILES string of the molecule is CC1CNC(=O)C(O)C1O. The highest BCUT2D eigenvalue weighted by atomic mass is 16.3. The van der Waals surface area contributed by atoms with E-state index in [0.29, 0.717) is 6.54 Å². The van der Waals surface area contributed by atoms with Crippen LogP contribution in [0.25, 0.3) is 0 Å². The van der Waals surface area contributed by atoms with E-state index in [4.69, 9.17) is 10.2 Å². The smallest absolute Gasteiger partial charge is 0.251 e. The Balaban J connectivity index is 2.60. The Morgan fingerprint density at radius 1 is 1.60 bits per heavy atom. The van der Waals surface area contributed by atoms with Gasteiger partial charge in [0.2, 0.25) is 0 Å². The highest BCUT2D eigenvalue weighted by molar-refractivity contribution is 5.81. The molecule has 0 aliphatic carbocycles. The van der Waals surface area contributed by atoms with Crippen molar-refractivity contribution in [2.24, 2.45) is 5.92 Å². The van der Waals surface area contributed by atoms with Gasteiger partial charge in [0.15, 0.2) is 6.10 Å². The van der Waals surface area contributed by atoms with Crippen molar-refractivity contribution < 1.29 is 15.0 Å². The van der Waals surface area contributed by atoms with E-state index in [2.05, 4.69) is 5.32 Å². The first-order valence-corrected chi connectivity index (χ1v) is 3.27. The van der Waals surface area contributed by atoms with Crippen molar-refractivity contribution in [2.75, 3.05) is 6.54 Å². The van der Waals surface area contributed by atoms with Crippen LogP contribution >= 0.6 is 0 Å². The van der Waals surface area contributed by atoms with Gasteiger partial charge in [-0.05, 0) is 0 Å². The van der Waals surface area contributed by atoms with E-state index in [1.807, 2.05) is 0 Å². The maximum absolute atomic E-state index is 10.6. The van der Waals surface area contributed by atoms with E-state index in [-0.39, 0.29) is 5.92 Å². The maximum atomic E-state index is 10.6. The molecule has 1 amide bonds. The molecule has 0 saturated carbocycles. The first kappa shape index (κ1) is 7.50. The monoisotopic (exact) mass is 145 g/mol. The molecule has 0 aromatic carbocycles. The summed E-state index contributed by atoms with van der Waals surface area (Å²) in [4.78, 5) is 10.6. The van der Waals surface area contributed by atoms with Gasteiger partial charge in [-0.25, -0.2) is 0 Å². The predicted octanol–water partition coefficient (Wildman–Crippen LogP) is -1.53. The van der Waals surface area contributed by atoms with E-state index in [0.717, 1.165) is 0 Å². The van der Waals surface area contributed by atoms with Gasteiger partial charge >= 0.3 is 0 Å². The second-order valence-corrected chi connectivity index (χ2v) is 2.66. The zero-order valence-electron chi connectivity index (χ0n) is 5.74. The van der Waals surface area contributed by atoms with Crippen LogP contribution in [0.1, 0.15) is 6.92 Å². The van der Waals surface area contributed by atoms with Crippen LogP contribution in [0.3, 0.4) is 0 Å². The Morgan fingerprint density at radius 3 is 2.70 bits per heavy atom. The normalized spacial score (nSPS) is 41.1.